The summed E-state index contributed by atoms with van der Waals surface area (Å²) in [5.41, 5.74) is 0.957. The number of nitrogens with zero attached hydrogens (tertiary/aromatic N) is 1. The van der Waals surface area contributed by atoms with Crippen molar-refractivity contribution in [3.8, 4) is 10.6 Å². The Kier molecular flexibility index (Phi) is 3.85. The second-order valence-electron chi connectivity index (χ2n) is 5.36. The standard InChI is InChI=1S/C16H18N2OS/c1-11(2)9-17-10-13-8-14(19-18-13)16-7-12-5-3-4-6-15(12)20-16/h3-8,11,17H,9-10H2,1-2H3. The predicted molar refractivity (Wildman–Crippen MR) is 83.9 cm³/mol. The predicted octanol–water partition coefficient (Wildman–Crippen LogP) is 4.30. The molecule has 0 saturated heterocycles. The summed E-state index contributed by atoms with van der Waals surface area (Å²) >= 11 is 1.74. The summed E-state index contributed by atoms with van der Waals surface area (Å²) in [5, 5.41) is 8.76. The van der Waals surface area contributed by atoms with E-state index in [-0.39, 0.29) is 0 Å². The van der Waals surface area contributed by atoms with Crippen LogP contribution in [0.4, 0.5) is 0 Å². The van der Waals surface area contributed by atoms with Crippen LogP contribution in [-0.4, -0.2) is 11.7 Å². The van der Waals surface area contributed by atoms with E-state index < -0.39 is 0 Å². The van der Waals surface area contributed by atoms with Crippen molar-refractivity contribution in [2.24, 2.45) is 5.92 Å². The molecule has 104 valence electrons. The Morgan fingerprint density at radius 3 is 2.90 bits per heavy atom. The van der Waals surface area contributed by atoms with Gasteiger partial charge in [0.25, 0.3) is 0 Å². The highest BCUT2D eigenvalue weighted by Crippen LogP contribution is 2.33. The van der Waals surface area contributed by atoms with Crippen molar-refractivity contribution in [1.29, 1.82) is 0 Å². The van der Waals surface area contributed by atoms with Crippen molar-refractivity contribution in [2.45, 2.75) is 20.4 Å². The summed E-state index contributed by atoms with van der Waals surface area (Å²) in [6, 6.07) is 12.6. The number of rotatable bonds is 5. The molecule has 0 aliphatic rings. The van der Waals surface area contributed by atoms with Crippen molar-refractivity contribution in [2.75, 3.05) is 6.54 Å². The van der Waals surface area contributed by atoms with E-state index in [1.165, 1.54) is 10.1 Å². The van der Waals surface area contributed by atoms with Crippen LogP contribution in [0.1, 0.15) is 19.5 Å². The molecule has 0 radical (unpaired) electrons. The Labute approximate surface area is 122 Å². The van der Waals surface area contributed by atoms with Gasteiger partial charge in [-0.05, 0) is 30.0 Å². The van der Waals surface area contributed by atoms with Crippen LogP contribution in [0.3, 0.4) is 0 Å². The minimum Gasteiger partial charge on any atom is -0.355 e. The summed E-state index contributed by atoms with van der Waals surface area (Å²) in [6.45, 7) is 6.13. The van der Waals surface area contributed by atoms with Gasteiger partial charge in [0.2, 0.25) is 0 Å². The van der Waals surface area contributed by atoms with Crippen LogP contribution in [0.5, 0.6) is 0 Å². The fourth-order valence-corrected chi connectivity index (χ4v) is 3.11. The second kappa shape index (κ2) is 5.77. The lowest BCUT2D eigenvalue weighted by molar-refractivity contribution is 0.418. The largest absolute Gasteiger partial charge is 0.355 e. The smallest absolute Gasteiger partial charge is 0.177 e. The maximum atomic E-state index is 5.46. The average molecular weight is 286 g/mol. The Bertz CT molecular complexity index is 666. The monoisotopic (exact) mass is 286 g/mol. The topological polar surface area (TPSA) is 38.1 Å². The first-order valence-corrected chi connectivity index (χ1v) is 7.69. The highest BCUT2D eigenvalue weighted by atomic mass is 32.1. The number of nitrogens with one attached hydrogen (secondary N) is 1. The molecule has 0 atom stereocenters. The number of aromatic nitrogens is 1. The van der Waals surface area contributed by atoms with Gasteiger partial charge in [0.1, 0.15) is 0 Å². The third-order valence-electron chi connectivity index (χ3n) is 3.09. The van der Waals surface area contributed by atoms with E-state index in [2.05, 4.69) is 54.7 Å². The molecule has 0 fully saturated rings. The maximum Gasteiger partial charge on any atom is 0.177 e. The summed E-state index contributed by atoms with van der Waals surface area (Å²) in [5.74, 6) is 1.50. The van der Waals surface area contributed by atoms with E-state index >= 15 is 0 Å². The molecule has 0 spiro atoms. The van der Waals surface area contributed by atoms with Gasteiger partial charge in [0, 0.05) is 17.3 Å². The summed E-state index contributed by atoms with van der Waals surface area (Å²) in [7, 11) is 0. The molecule has 20 heavy (non-hydrogen) atoms. The molecule has 0 amide bonds. The maximum absolute atomic E-state index is 5.46. The van der Waals surface area contributed by atoms with Gasteiger partial charge in [-0.1, -0.05) is 37.2 Å². The number of fused-ring (bicyclic) bond motifs is 1. The van der Waals surface area contributed by atoms with Crippen molar-refractivity contribution >= 4 is 21.4 Å². The molecular formula is C16H18N2OS. The number of hydrogen-bond donors (Lipinski definition) is 1. The zero-order valence-corrected chi connectivity index (χ0v) is 12.5. The quantitative estimate of drug-likeness (QED) is 0.760. The minimum absolute atomic E-state index is 0.643. The fraction of sp³-hybridized carbons (Fsp3) is 0.312. The van der Waals surface area contributed by atoms with Crippen LogP contribution in [-0.2, 0) is 6.54 Å². The first kappa shape index (κ1) is 13.3. The van der Waals surface area contributed by atoms with E-state index in [0.717, 1.165) is 29.4 Å². The van der Waals surface area contributed by atoms with E-state index in [4.69, 9.17) is 4.52 Å². The normalized spacial score (nSPS) is 11.6. The van der Waals surface area contributed by atoms with Gasteiger partial charge in [-0.15, -0.1) is 11.3 Å². The van der Waals surface area contributed by atoms with Crippen molar-refractivity contribution < 1.29 is 4.52 Å². The molecule has 3 aromatic rings. The van der Waals surface area contributed by atoms with E-state index in [9.17, 15) is 0 Å². The number of thiophene rings is 1. The summed E-state index contributed by atoms with van der Waals surface area (Å²) < 4.78 is 6.73. The molecule has 1 aromatic carbocycles. The Morgan fingerprint density at radius 1 is 1.25 bits per heavy atom. The Balaban J connectivity index is 1.75. The van der Waals surface area contributed by atoms with Crippen molar-refractivity contribution in [3.63, 3.8) is 0 Å². The third-order valence-corrected chi connectivity index (χ3v) is 4.22. The van der Waals surface area contributed by atoms with Gasteiger partial charge in [0.05, 0.1) is 10.6 Å². The first-order valence-electron chi connectivity index (χ1n) is 6.87. The van der Waals surface area contributed by atoms with E-state index in [1.54, 1.807) is 11.3 Å². The van der Waals surface area contributed by atoms with Crippen LogP contribution in [0.15, 0.2) is 40.9 Å². The molecule has 0 aliphatic heterocycles. The zero-order valence-electron chi connectivity index (χ0n) is 11.7. The van der Waals surface area contributed by atoms with E-state index in [1.807, 2.05) is 6.07 Å². The molecule has 3 rings (SSSR count). The van der Waals surface area contributed by atoms with Gasteiger partial charge in [-0.2, -0.15) is 0 Å². The van der Waals surface area contributed by atoms with Crippen LogP contribution >= 0.6 is 11.3 Å². The molecule has 1 N–H and O–H groups in total. The average Bonchev–Trinajstić information content (AvgIpc) is 3.03. The Morgan fingerprint density at radius 2 is 2.10 bits per heavy atom. The van der Waals surface area contributed by atoms with Gasteiger partial charge in [-0.3, -0.25) is 0 Å². The molecule has 0 saturated carbocycles. The van der Waals surface area contributed by atoms with Crippen LogP contribution < -0.4 is 5.32 Å². The molecular weight excluding hydrogens is 268 g/mol. The van der Waals surface area contributed by atoms with Gasteiger partial charge in [-0.25, -0.2) is 0 Å². The Hall–Kier alpha value is -1.65. The van der Waals surface area contributed by atoms with Gasteiger partial charge >= 0.3 is 0 Å². The van der Waals surface area contributed by atoms with Crippen molar-refractivity contribution in [3.05, 3.63) is 42.1 Å². The van der Waals surface area contributed by atoms with Crippen LogP contribution in [0.2, 0.25) is 0 Å². The number of benzene rings is 1. The van der Waals surface area contributed by atoms with Crippen molar-refractivity contribution in [1.82, 2.24) is 10.5 Å². The van der Waals surface area contributed by atoms with Gasteiger partial charge < -0.3 is 9.84 Å². The minimum atomic E-state index is 0.643. The van der Waals surface area contributed by atoms with Crippen LogP contribution in [0.25, 0.3) is 20.7 Å². The summed E-state index contributed by atoms with van der Waals surface area (Å²) in [4.78, 5) is 1.13. The zero-order chi connectivity index (χ0) is 13.9. The fourth-order valence-electron chi connectivity index (χ4n) is 2.10. The SMILES string of the molecule is CC(C)CNCc1cc(-c2cc3ccccc3s2)on1. The van der Waals surface area contributed by atoms with Crippen LogP contribution in [0, 0.1) is 5.92 Å². The van der Waals surface area contributed by atoms with Gasteiger partial charge in [0.15, 0.2) is 5.76 Å². The molecule has 0 unspecified atom stereocenters. The molecule has 2 aromatic heterocycles. The molecule has 4 heteroatoms. The second-order valence-corrected chi connectivity index (χ2v) is 6.44. The molecule has 3 nitrogen and oxygen atoms in total. The number of hydrogen-bond acceptors (Lipinski definition) is 4. The third kappa shape index (κ3) is 2.92. The lowest BCUT2D eigenvalue weighted by atomic mass is 10.2. The lowest BCUT2D eigenvalue weighted by Crippen LogP contribution is -2.18. The first-order chi connectivity index (χ1) is 9.72. The summed E-state index contributed by atoms with van der Waals surface area (Å²) in [6.07, 6.45) is 0. The molecule has 0 bridgehead atoms. The molecule has 2 heterocycles. The molecule has 0 aliphatic carbocycles. The van der Waals surface area contributed by atoms with E-state index in [0.29, 0.717) is 5.92 Å². The highest BCUT2D eigenvalue weighted by molar-refractivity contribution is 7.22. The lowest BCUT2D eigenvalue weighted by Gasteiger charge is -2.03. The highest BCUT2D eigenvalue weighted by Gasteiger charge is 2.10.